The van der Waals surface area contributed by atoms with Crippen molar-refractivity contribution >= 4 is 15.7 Å². The maximum atomic E-state index is 12.4. The maximum absolute atomic E-state index is 12.4. The number of ether oxygens (including phenoxy) is 1. The van der Waals surface area contributed by atoms with Crippen molar-refractivity contribution in [3.05, 3.63) is 30.3 Å². The molecule has 0 aliphatic carbocycles. The van der Waals surface area contributed by atoms with Crippen molar-refractivity contribution in [2.45, 2.75) is 31.9 Å². The zero-order valence-electron chi connectivity index (χ0n) is 13.8. The fourth-order valence-electron chi connectivity index (χ4n) is 2.81. The van der Waals surface area contributed by atoms with Crippen LogP contribution in [0, 0.1) is 5.92 Å². The Kier molecular flexibility index (Phi) is 6.04. The molecule has 23 heavy (non-hydrogen) atoms. The van der Waals surface area contributed by atoms with Gasteiger partial charge in [0.05, 0.1) is 11.0 Å². The van der Waals surface area contributed by atoms with E-state index in [0.29, 0.717) is 18.7 Å². The first-order valence-corrected chi connectivity index (χ1v) is 9.77. The summed E-state index contributed by atoms with van der Waals surface area (Å²) in [5, 5.41) is -0.445. The summed E-state index contributed by atoms with van der Waals surface area (Å²) in [4.78, 5) is 13.9. The topological polar surface area (TPSA) is 63.7 Å². The molecule has 0 spiro atoms. The monoisotopic (exact) mass is 339 g/mol. The van der Waals surface area contributed by atoms with E-state index in [1.807, 2.05) is 32.0 Å². The largest absolute Gasteiger partial charge is 0.484 e. The van der Waals surface area contributed by atoms with Gasteiger partial charge in [-0.2, -0.15) is 0 Å². The van der Waals surface area contributed by atoms with Crippen molar-refractivity contribution < 1.29 is 17.9 Å². The van der Waals surface area contributed by atoms with E-state index in [9.17, 15) is 13.2 Å². The molecule has 1 aliphatic heterocycles. The summed E-state index contributed by atoms with van der Waals surface area (Å²) in [6, 6.07) is 9.15. The Hall–Kier alpha value is -1.56. The molecule has 1 atom stereocenters. The van der Waals surface area contributed by atoms with Crippen LogP contribution in [-0.2, 0) is 14.6 Å². The van der Waals surface area contributed by atoms with Crippen LogP contribution in [0.1, 0.15) is 26.7 Å². The fourth-order valence-corrected chi connectivity index (χ4v) is 4.95. The number of sulfone groups is 1. The highest BCUT2D eigenvalue weighted by Crippen LogP contribution is 2.20. The van der Waals surface area contributed by atoms with E-state index < -0.39 is 15.1 Å². The van der Waals surface area contributed by atoms with Crippen LogP contribution in [0.5, 0.6) is 5.75 Å². The first-order valence-electron chi connectivity index (χ1n) is 8.05. The van der Waals surface area contributed by atoms with E-state index in [2.05, 4.69) is 0 Å². The molecule has 2 rings (SSSR count). The van der Waals surface area contributed by atoms with Crippen molar-refractivity contribution in [3.63, 3.8) is 0 Å². The van der Waals surface area contributed by atoms with Gasteiger partial charge in [-0.1, -0.05) is 32.0 Å². The minimum atomic E-state index is -3.15. The Morgan fingerprint density at radius 2 is 2.00 bits per heavy atom. The minimum absolute atomic E-state index is 0.0546. The number of hydrogen-bond acceptors (Lipinski definition) is 4. The predicted octanol–water partition coefficient (Wildman–Crippen LogP) is 2.13. The Morgan fingerprint density at radius 3 is 2.65 bits per heavy atom. The average molecular weight is 339 g/mol. The fraction of sp³-hybridized carbons (Fsp3) is 0.588. The highest BCUT2D eigenvalue weighted by Gasteiger charge is 2.32. The molecule has 1 saturated heterocycles. The van der Waals surface area contributed by atoms with Gasteiger partial charge in [0, 0.05) is 13.1 Å². The van der Waals surface area contributed by atoms with E-state index in [4.69, 9.17) is 4.74 Å². The second-order valence-corrected chi connectivity index (χ2v) is 8.75. The minimum Gasteiger partial charge on any atom is -0.484 e. The maximum Gasteiger partial charge on any atom is 0.260 e. The van der Waals surface area contributed by atoms with Crippen LogP contribution >= 0.6 is 0 Å². The number of hydrogen-bond donors (Lipinski definition) is 0. The Bertz CT molecular complexity index is 613. The summed E-state index contributed by atoms with van der Waals surface area (Å²) in [5.41, 5.74) is 0. The second-order valence-electron chi connectivity index (χ2n) is 6.43. The van der Waals surface area contributed by atoms with Gasteiger partial charge in [0.25, 0.3) is 5.91 Å². The first kappa shape index (κ1) is 17.8. The summed E-state index contributed by atoms with van der Waals surface area (Å²) < 4.78 is 30.2. The molecule has 1 fully saturated rings. The third-order valence-corrected chi connectivity index (χ3v) is 6.44. The molecule has 1 aliphatic rings. The molecule has 5 nitrogen and oxygen atoms in total. The van der Waals surface area contributed by atoms with Crippen LogP contribution < -0.4 is 4.74 Å². The van der Waals surface area contributed by atoms with Gasteiger partial charge >= 0.3 is 0 Å². The highest BCUT2D eigenvalue weighted by molar-refractivity contribution is 7.92. The third-order valence-electron chi connectivity index (χ3n) is 3.91. The number of amides is 1. The lowest BCUT2D eigenvalue weighted by atomic mass is 10.1. The predicted molar refractivity (Wildman–Crippen MR) is 90.2 cm³/mol. The van der Waals surface area contributed by atoms with Gasteiger partial charge in [0.1, 0.15) is 5.75 Å². The van der Waals surface area contributed by atoms with Crippen molar-refractivity contribution in [1.29, 1.82) is 0 Å². The van der Waals surface area contributed by atoms with E-state index in [-0.39, 0.29) is 30.7 Å². The van der Waals surface area contributed by atoms with Gasteiger partial charge in [0.2, 0.25) is 0 Å². The Morgan fingerprint density at radius 1 is 1.30 bits per heavy atom. The first-order chi connectivity index (χ1) is 10.9. The molecule has 128 valence electrons. The third kappa shape index (κ3) is 5.23. The van der Waals surface area contributed by atoms with E-state index in [1.54, 1.807) is 17.0 Å². The zero-order chi connectivity index (χ0) is 16.9. The molecule has 1 heterocycles. The summed E-state index contributed by atoms with van der Waals surface area (Å²) in [6.07, 6.45) is 1.36. The van der Waals surface area contributed by atoms with Gasteiger partial charge < -0.3 is 9.64 Å². The quantitative estimate of drug-likeness (QED) is 0.796. The van der Waals surface area contributed by atoms with Gasteiger partial charge in [-0.05, 0) is 30.9 Å². The Labute approximate surface area is 138 Å². The molecule has 0 bridgehead atoms. The number of carbonyl (C=O) groups is 1. The summed E-state index contributed by atoms with van der Waals surface area (Å²) in [5.74, 6) is 0.771. The van der Waals surface area contributed by atoms with Crippen molar-refractivity contribution in [2.24, 2.45) is 5.92 Å². The number of likely N-dealkylation sites (tertiary alicyclic amines) is 1. The van der Waals surface area contributed by atoms with Crippen LogP contribution in [-0.4, -0.2) is 49.9 Å². The van der Waals surface area contributed by atoms with Crippen LogP contribution in [0.3, 0.4) is 0 Å². The lowest BCUT2D eigenvalue weighted by molar-refractivity contribution is -0.134. The van der Waals surface area contributed by atoms with Gasteiger partial charge in [-0.15, -0.1) is 0 Å². The standard InChI is InChI=1S/C17H25NO4S/c1-14(2)13-23(20,21)16-9-6-10-18(11-16)17(19)12-22-15-7-4-3-5-8-15/h3-5,7-8,14,16H,6,9-13H2,1-2H3/t16-/m1/s1. The van der Waals surface area contributed by atoms with Gasteiger partial charge in [0.15, 0.2) is 16.4 Å². The van der Waals surface area contributed by atoms with Crippen LogP contribution in [0.25, 0.3) is 0 Å². The summed E-state index contributed by atoms with van der Waals surface area (Å²) in [7, 11) is -3.15. The molecule has 0 N–H and O–H groups in total. The van der Waals surface area contributed by atoms with Crippen molar-refractivity contribution in [1.82, 2.24) is 4.90 Å². The molecule has 0 unspecified atom stereocenters. The lowest BCUT2D eigenvalue weighted by Crippen LogP contribution is -2.47. The summed E-state index contributed by atoms with van der Waals surface area (Å²) >= 11 is 0. The van der Waals surface area contributed by atoms with E-state index in [0.717, 1.165) is 6.42 Å². The van der Waals surface area contributed by atoms with Gasteiger partial charge in [-0.25, -0.2) is 8.42 Å². The molecule has 1 aromatic rings. The summed E-state index contributed by atoms with van der Waals surface area (Å²) in [6.45, 7) is 4.63. The molecule has 0 radical (unpaired) electrons. The normalized spacial score (nSPS) is 18.9. The number of para-hydroxylation sites is 1. The molecule has 0 saturated carbocycles. The van der Waals surface area contributed by atoms with Crippen LogP contribution in [0.2, 0.25) is 0 Å². The number of nitrogens with zero attached hydrogens (tertiary/aromatic N) is 1. The average Bonchev–Trinajstić information content (AvgIpc) is 2.52. The molecule has 1 aromatic carbocycles. The van der Waals surface area contributed by atoms with Crippen LogP contribution in [0.4, 0.5) is 0 Å². The van der Waals surface area contributed by atoms with Gasteiger partial charge in [-0.3, -0.25) is 4.79 Å². The number of benzene rings is 1. The lowest BCUT2D eigenvalue weighted by Gasteiger charge is -2.32. The number of piperidine rings is 1. The highest BCUT2D eigenvalue weighted by atomic mass is 32.2. The molecule has 0 aromatic heterocycles. The smallest absolute Gasteiger partial charge is 0.260 e. The molecule has 6 heteroatoms. The van der Waals surface area contributed by atoms with E-state index >= 15 is 0 Å². The van der Waals surface area contributed by atoms with Crippen molar-refractivity contribution in [2.75, 3.05) is 25.4 Å². The zero-order valence-corrected chi connectivity index (χ0v) is 14.6. The van der Waals surface area contributed by atoms with E-state index in [1.165, 1.54) is 0 Å². The van der Waals surface area contributed by atoms with Crippen molar-refractivity contribution in [3.8, 4) is 5.75 Å². The Balaban J connectivity index is 1.91. The molecular formula is C17H25NO4S. The number of carbonyl (C=O) groups excluding carboxylic acids is 1. The van der Waals surface area contributed by atoms with Crippen LogP contribution in [0.15, 0.2) is 30.3 Å². The SMILES string of the molecule is CC(C)CS(=O)(=O)[C@@H]1CCCN(C(=O)COc2ccccc2)C1. The molecule has 1 amide bonds. The number of rotatable bonds is 6. The molecular weight excluding hydrogens is 314 g/mol. The second kappa shape index (κ2) is 7.81.